The van der Waals surface area contributed by atoms with Crippen LogP contribution in [0.25, 0.3) is 0 Å². The fraction of sp³-hybridized carbons (Fsp3) is 0.474. The quantitative estimate of drug-likeness (QED) is 0.911. The van der Waals surface area contributed by atoms with Crippen LogP contribution in [-0.2, 0) is 9.53 Å². The lowest BCUT2D eigenvalue weighted by atomic mass is 9.85. The number of fused-ring (bicyclic) bond motifs is 1. The third kappa shape index (κ3) is 3.08. The molecule has 0 saturated carbocycles. The maximum absolute atomic E-state index is 12.5. The molecule has 3 rings (SSSR count). The average Bonchev–Trinajstić information content (AvgIpc) is 2.87. The van der Waals surface area contributed by atoms with Crippen LogP contribution in [0.2, 0.25) is 0 Å². The van der Waals surface area contributed by atoms with Crippen molar-refractivity contribution in [1.82, 2.24) is 4.90 Å². The number of rotatable bonds is 3. The molecule has 2 aliphatic heterocycles. The highest BCUT2D eigenvalue weighted by molar-refractivity contribution is 5.91. The minimum atomic E-state index is -0.940. The molecule has 1 N–H and O–H groups in total. The normalized spacial score (nSPS) is 24.4. The Morgan fingerprint density at radius 1 is 1.44 bits per heavy atom. The molecule has 6 nitrogen and oxygen atoms in total. The van der Waals surface area contributed by atoms with Gasteiger partial charge in [0, 0.05) is 11.6 Å². The largest absolute Gasteiger partial charge is 0.493 e. The number of nitriles is 1. The van der Waals surface area contributed by atoms with E-state index in [9.17, 15) is 15.2 Å². The zero-order chi connectivity index (χ0) is 18.4. The molecule has 1 aromatic rings. The van der Waals surface area contributed by atoms with Gasteiger partial charge in [0.15, 0.2) is 0 Å². The molecule has 2 atom stereocenters. The highest BCUT2D eigenvalue weighted by Crippen LogP contribution is 2.44. The van der Waals surface area contributed by atoms with Crippen molar-refractivity contribution in [2.75, 3.05) is 6.54 Å². The summed E-state index contributed by atoms with van der Waals surface area (Å²) in [5.74, 6) is 0.936. The number of benzene rings is 1. The first-order chi connectivity index (χ1) is 11.7. The van der Waals surface area contributed by atoms with Crippen molar-refractivity contribution in [3.8, 4) is 11.8 Å². The fourth-order valence-electron chi connectivity index (χ4n) is 3.30. The summed E-state index contributed by atoms with van der Waals surface area (Å²) < 4.78 is 11.6. The molecule has 0 fully saturated rings. The van der Waals surface area contributed by atoms with Gasteiger partial charge in [-0.2, -0.15) is 5.26 Å². The van der Waals surface area contributed by atoms with Gasteiger partial charge in [-0.15, -0.1) is 0 Å². The van der Waals surface area contributed by atoms with E-state index in [-0.39, 0.29) is 18.6 Å². The second kappa shape index (κ2) is 6.08. The van der Waals surface area contributed by atoms with Crippen LogP contribution in [0, 0.1) is 11.3 Å². The third-order valence-electron chi connectivity index (χ3n) is 4.46. The van der Waals surface area contributed by atoms with Crippen LogP contribution in [-0.4, -0.2) is 40.3 Å². The lowest BCUT2D eigenvalue weighted by molar-refractivity contribution is -0.137. The average molecular weight is 342 g/mol. The number of hydrogen-bond donors (Lipinski definition) is 1. The molecule has 2 heterocycles. The van der Waals surface area contributed by atoms with Gasteiger partial charge in [0.05, 0.1) is 30.3 Å². The third-order valence-corrected chi connectivity index (χ3v) is 4.46. The summed E-state index contributed by atoms with van der Waals surface area (Å²) >= 11 is 0. The summed E-state index contributed by atoms with van der Waals surface area (Å²) in [5, 5.41) is 20.1. The van der Waals surface area contributed by atoms with Gasteiger partial charge < -0.3 is 19.5 Å². The monoisotopic (exact) mass is 342 g/mol. The van der Waals surface area contributed by atoms with Gasteiger partial charge in [-0.3, -0.25) is 4.79 Å². The van der Waals surface area contributed by atoms with E-state index in [0.717, 1.165) is 0 Å². The zero-order valence-electron chi connectivity index (χ0n) is 14.8. The molecule has 0 unspecified atom stereocenters. The molecule has 132 valence electrons. The lowest BCUT2D eigenvalue weighted by Crippen LogP contribution is -2.54. The van der Waals surface area contributed by atoms with Gasteiger partial charge in [0.25, 0.3) is 5.91 Å². The number of carbonyl (C=O) groups is 1. The number of aliphatic hydroxyl groups excluding tert-OH is 1. The molecule has 0 bridgehead atoms. The van der Waals surface area contributed by atoms with E-state index < -0.39 is 17.7 Å². The van der Waals surface area contributed by atoms with Crippen LogP contribution in [0.5, 0.6) is 5.75 Å². The van der Waals surface area contributed by atoms with E-state index in [2.05, 4.69) is 6.07 Å². The van der Waals surface area contributed by atoms with Gasteiger partial charge in [0.2, 0.25) is 0 Å². The van der Waals surface area contributed by atoms with E-state index >= 15 is 0 Å². The molecule has 1 aromatic carbocycles. The molecule has 2 aliphatic rings. The first-order valence-electron chi connectivity index (χ1n) is 8.32. The predicted molar refractivity (Wildman–Crippen MR) is 90.6 cm³/mol. The molecular weight excluding hydrogens is 320 g/mol. The molecule has 0 spiro atoms. The van der Waals surface area contributed by atoms with Gasteiger partial charge in [0.1, 0.15) is 23.2 Å². The summed E-state index contributed by atoms with van der Waals surface area (Å²) in [5.41, 5.74) is 0.226. The Morgan fingerprint density at radius 3 is 2.80 bits per heavy atom. The number of aliphatic hydroxyl groups is 1. The molecule has 0 radical (unpaired) electrons. The standard InChI is InChI=1S/C19H22N2O4/c1-11(2)24-13-8-16(22)21(10-13)17-14-7-12(9-20)5-6-15(14)25-19(3,4)18(17)23/h5-8,11,17-18,23H,10H2,1-4H3/t17-,18+/m0/s1. The van der Waals surface area contributed by atoms with E-state index in [1.54, 1.807) is 36.9 Å². The van der Waals surface area contributed by atoms with Crippen molar-refractivity contribution in [3.63, 3.8) is 0 Å². The second-order valence-corrected chi connectivity index (χ2v) is 7.20. The van der Waals surface area contributed by atoms with E-state index in [1.165, 1.54) is 6.08 Å². The summed E-state index contributed by atoms with van der Waals surface area (Å²) in [7, 11) is 0. The minimum absolute atomic E-state index is 0.0347. The van der Waals surface area contributed by atoms with Crippen LogP contribution in [0.4, 0.5) is 0 Å². The zero-order valence-corrected chi connectivity index (χ0v) is 14.8. The van der Waals surface area contributed by atoms with Crippen molar-refractivity contribution in [2.45, 2.75) is 51.5 Å². The SMILES string of the molecule is CC(C)OC1=CC(=O)N([C@H]2c3cc(C#N)ccc3OC(C)(C)[C@@H]2O)C1. The van der Waals surface area contributed by atoms with Crippen LogP contribution in [0.15, 0.2) is 30.0 Å². The van der Waals surface area contributed by atoms with Crippen LogP contribution in [0.1, 0.15) is 44.9 Å². The Bertz CT molecular complexity index is 776. The number of nitrogens with zero attached hydrogens (tertiary/aromatic N) is 2. The summed E-state index contributed by atoms with van der Waals surface area (Å²) in [4.78, 5) is 14.1. The number of amides is 1. The number of hydrogen-bond acceptors (Lipinski definition) is 5. The maximum atomic E-state index is 12.5. The van der Waals surface area contributed by atoms with E-state index in [1.807, 2.05) is 13.8 Å². The van der Waals surface area contributed by atoms with E-state index in [4.69, 9.17) is 9.47 Å². The van der Waals surface area contributed by atoms with Crippen molar-refractivity contribution in [3.05, 3.63) is 41.2 Å². The van der Waals surface area contributed by atoms with Gasteiger partial charge in [-0.05, 0) is 45.9 Å². The first-order valence-corrected chi connectivity index (χ1v) is 8.32. The Kier molecular flexibility index (Phi) is 4.21. The maximum Gasteiger partial charge on any atom is 0.251 e. The second-order valence-electron chi connectivity index (χ2n) is 7.20. The fourth-order valence-corrected chi connectivity index (χ4v) is 3.30. The molecule has 1 amide bonds. The van der Waals surface area contributed by atoms with Gasteiger partial charge >= 0.3 is 0 Å². The minimum Gasteiger partial charge on any atom is -0.493 e. The molecule has 0 aliphatic carbocycles. The smallest absolute Gasteiger partial charge is 0.251 e. The number of ether oxygens (including phenoxy) is 2. The molecule has 0 aromatic heterocycles. The molecule has 0 saturated heterocycles. The van der Waals surface area contributed by atoms with Crippen molar-refractivity contribution in [2.24, 2.45) is 0 Å². The van der Waals surface area contributed by atoms with Crippen LogP contribution < -0.4 is 4.74 Å². The summed E-state index contributed by atoms with van der Waals surface area (Å²) in [6, 6.07) is 6.54. The Morgan fingerprint density at radius 2 is 2.16 bits per heavy atom. The summed E-state index contributed by atoms with van der Waals surface area (Å²) in [6.07, 6.45) is 0.487. The first kappa shape index (κ1) is 17.3. The lowest BCUT2D eigenvalue weighted by Gasteiger charge is -2.45. The Hall–Kier alpha value is -2.52. The Balaban J connectivity index is 2.01. The van der Waals surface area contributed by atoms with Crippen LogP contribution in [0.3, 0.4) is 0 Å². The van der Waals surface area contributed by atoms with Gasteiger partial charge in [-0.25, -0.2) is 0 Å². The van der Waals surface area contributed by atoms with Crippen LogP contribution >= 0.6 is 0 Å². The van der Waals surface area contributed by atoms with Gasteiger partial charge in [-0.1, -0.05) is 0 Å². The Labute approximate surface area is 147 Å². The summed E-state index contributed by atoms with van der Waals surface area (Å²) in [6.45, 7) is 7.64. The highest BCUT2D eigenvalue weighted by atomic mass is 16.5. The molecule has 25 heavy (non-hydrogen) atoms. The highest BCUT2D eigenvalue weighted by Gasteiger charge is 2.47. The molecular formula is C19H22N2O4. The van der Waals surface area contributed by atoms with E-state index in [0.29, 0.717) is 22.6 Å². The van der Waals surface area contributed by atoms with Crippen molar-refractivity contribution >= 4 is 5.91 Å². The molecule has 6 heteroatoms. The predicted octanol–water partition coefficient (Wildman–Crippen LogP) is 2.28. The van der Waals surface area contributed by atoms with Crippen molar-refractivity contribution in [1.29, 1.82) is 5.26 Å². The van der Waals surface area contributed by atoms with Crippen molar-refractivity contribution < 1.29 is 19.4 Å². The topological polar surface area (TPSA) is 82.8 Å². The number of carbonyl (C=O) groups excluding carboxylic acids is 1.